The van der Waals surface area contributed by atoms with E-state index in [9.17, 15) is 13.2 Å². The second-order valence-corrected chi connectivity index (χ2v) is 9.71. The summed E-state index contributed by atoms with van der Waals surface area (Å²) >= 11 is 0. The van der Waals surface area contributed by atoms with E-state index in [-0.39, 0.29) is 17.2 Å². The van der Waals surface area contributed by atoms with Crippen LogP contribution in [0.2, 0.25) is 0 Å². The lowest BCUT2D eigenvalue weighted by atomic mass is 10.2. The molecule has 1 aromatic heterocycles. The van der Waals surface area contributed by atoms with E-state index in [2.05, 4.69) is 10.4 Å². The minimum Gasteiger partial charge on any atom is -0.326 e. The molecule has 0 aliphatic carbocycles. The molecule has 0 radical (unpaired) electrons. The van der Waals surface area contributed by atoms with Crippen molar-refractivity contribution < 1.29 is 13.2 Å². The van der Waals surface area contributed by atoms with Crippen LogP contribution in [-0.4, -0.2) is 41.5 Å². The van der Waals surface area contributed by atoms with Crippen molar-refractivity contribution >= 4 is 21.6 Å². The number of anilines is 1. The Morgan fingerprint density at radius 3 is 2.55 bits per heavy atom. The molecule has 162 valence electrons. The van der Waals surface area contributed by atoms with E-state index in [1.165, 1.54) is 0 Å². The molecule has 0 unspecified atom stereocenters. The molecule has 0 spiro atoms. The van der Waals surface area contributed by atoms with Gasteiger partial charge in [0.1, 0.15) is 0 Å². The molecule has 31 heavy (non-hydrogen) atoms. The number of carbonyl (C=O) groups excluding carboxylic acids is 1. The zero-order valence-electron chi connectivity index (χ0n) is 17.5. The molecule has 1 aliphatic heterocycles. The second kappa shape index (κ2) is 9.03. The van der Waals surface area contributed by atoms with Gasteiger partial charge in [0.05, 0.1) is 23.2 Å². The Kier molecular flexibility index (Phi) is 6.20. The lowest BCUT2D eigenvalue weighted by molar-refractivity contribution is -0.115. The molecule has 1 saturated heterocycles. The summed E-state index contributed by atoms with van der Waals surface area (Å²) in [6.45, 7) is 2.87. The Morgan fingerprint density at radius 1 is 1.06 bits per heavy atom. The molecule has 8 heteroatoms. The monoisotopic (exact) mass is 438 g/mol. The average Bonchev–Trinajstić information content (AvgIpc) is 3.24. The van der Waals surface area contributed by atoms with Gasteiger partial charge < -0.3 is 5.32 Å². The van der Waals surface area contributed by atoms with Crippen molar-refractivity contribution in [3.8, 4) is 5.69 Å². The van der Waals surface area contributed by atoms with E-state index >= 15 is 0 Å². The van der Waals surface area contributed by atoms with Gasteiger partial charge in [0, 0.05) is 25.0 Å². The largest absolute Gasteiger partial charge is 0.326 e. The number of nitrogens with zero attached hydrogens (tertiary/aromatic N) is 3. The van der Waals surface area contributed by atoms with Gasteiger partial charge in [-0.25, -0.2) is 13.1 Å². The maximum absolute atomic E-state index is 13.1. The first-order valence-electron chi connectivity index (χ1n) is 10.4. The Morgan fingerprint density at radius 2 is 1.81 bits per heavy atom. The highest BCUT2D eigenvalue weighted by molar-refractivity contribution is 7.89. The van der Waals surface area contributed by atoms with E-state index in [4.69, 9.17) is 0 Å². The molecule has 0 saturated carbocycles. The van der Waals surface area contributed by atoms with Gasteiger partial charge in [-0.3, -0.25) is 4.79 Å². The molecular formula is C23H26N4O3S. The Hall–Kier alpha value is -2.97. The first-order valence-corrected chi connectivity index (χ1v) is 11.9. The van der Waals surface area contributed by atoms with Crippen molar-refractivity contribution in [2.24, 2.45) is 0 Å². The molecular weight excluding hydrogens is 412 g/mol. The summed E-state index contributed by atoms with van der Waals surface area (Å²) < 4.78 is 29.4. The fourth-order valence-electron chi connectivity index (χ4n) is 3.76. The van der Waals surface area contributed by atoms with Crippen LogP contribution in [-0.2, 0) is 21.2 Å². The molecule has 4 rings (SSSR count). The third-order valence-electron chi connectivity index (χ3n) is 5.43. The number of aromatic nitrogens is 2. The Bertz CT molecular complexity index is 1170. The van der Waals surface area contributed by atoms with Crippen molar-refractivity contribution in [2.75, 3.05) is 18.4 Å². The van der Waals surface area contributed by atoms with Crippen LogP contribution in [0, 0.1) is 6.92 Å². The quantitative estimate of drug-likeness (QED) is 0.638. The van der Waals surface area contributed by atoms with E-state index < -0.39 is 10.0 Å². The number of amides is 1. The van der Waals surface area contributed by atoms with Gasteiger partial charge in [-0.1, -0.05) is 30.7 Å². The maximum Gasteiger partial charge on any atom is 0.243 e. The molecule has 2 heterocycles. The molecule has 1 aliphatic rings. The van der Waals surface area contributed by atoms with Crippen LogP contribution >= 0.6 is 0 Å². The number of nitrogens with one attached hydrogen (secondary N) is 1. The highest BCUT2D eigenvalue weighted by Crippen LogP contribution is 2.26. The normalized spacial score (nSPS) is 15.0. The zero-order chi connectivity index (χ0) is 21.8. The Labute approximate surface area is 182 Å². The molecule has 1 amide bonds. The van der Waals surface area contributed by atoms with Gasteiger partial charge in [0.25, 0.3) is 0 Å². The van der Waals surface area contributed by atoms with E-state index in [0.717, 1.165) is 30.5 Å². The van der Waals surface area contributed by atoms with Crippen molar-refractivity contribution in [2.45, 2.75) is 37.5 Å². The van der Waals surface area contributed by atoms with Gasteiger partial charge in [-0.2, -0.15) is 9.40 Å². The molecule has 2 aromatic carbocycles. The number of benzene rings is 2. The minimum atomic E-state index is -3.57. The lowest BCUT2D eigenvalue weighted by Crippen LogP contribution is -2.36. The van der Waals surface area contributed by atoms with Gasteiger partial charge in [-0.05, 0) is 55.2 Å². The van der Waals surface area contributed by atoms with Crippen LogP contribution in [0.5, 0.6) is 0 Å². The average molecular weight is 439 g/mol. The third kappa shape index (κ3) is 4.86. The van der Waals surface area contributed by atoms with Crippen LogP contribution in [0.25, 0.3) is 5.69 Å². The van der Waals surface area contributed by atoms with Crippen molar-refractivity contribution in [1.29, 1.82) is 0 Å². The summed E-state index contributed by atoms with van der Waals surface area (Å²) in [5.41, 5.74) is 2.84. The van der Waals surface area contributed by atoms with Gasteiger partial charge >= 0.3 is 0 Å². The van der Waals surface area contributed by atoms with E-state index in [0.29, 0.717) is 24.3 Å². The summed E-state index contributed by atoms with van der Waals surface area (Å²) in [7, 11) is -3.57. The summed E-state index contributed by atoms with van der Waals surface area (Å²) in [6, 6.07) is 14.7. The smallest absolute Gasteiger partial charge is 0.243 e. The van der Waals surface area contributed by atoms with Crippen molar-refractivity contribution in [3.05, 3.63) is 72.1 Å². The summed E-state index contributed by atoms with van der Waals surface area (Å²) in [4.78, 5) is 12.8. The second-order valence-electron chi connectivity index (χ2n) is 7.80. The number of rotatable bonds is 6. The minimum absolute atomic E-state index is 0.148. The van der Waals surface area contributed by atoms with Crippen molar-refractivity contribution in [3.63, 3.8) is 0 Å². The summed E-state index contributed by atoms with van der Waals surface area (Å²) in [5, 5.41) is 7.13. The van der Waals surface area contributed by atoms with Gasteiger partial charge in [0.15, 0.2) is 0 Å². The fraction of sp³-hybridized carbons (Fsp3) is 0.304. The molecule has 7 nitrogen and oxygen atoms in total. The highest BCUT2D eigenvalue weighted by Gasteiger charge is 2.27. The number of hydrogen-bond donors (Lipinski definition) is 1. The molecule has 0 atom stereocenters. The zero-order valence-corrected chi connectivity index (χ0v) is 18.3. The lowest BCUT2D eigenvalue weighted by Gasteiger charge is -2.26. The first-order chi connectivity index (χ1) is 14.9. The number of aryl methyl sites for hydroxylation is 1. The van der Waals surface area contributed by atoms with Crippen LogP contribution < -0.4 is 5.32 Å². The van der Waals surface area contributed by atoms with Crippen LogP contribution in [0.4, 0.5) is 5.69 Å². The van der Waals surface area contributed by atoms with Crippen LogP contribution in [0.1, 0.15) is 30.4 Å². The van der Waals surface area contributed by atoms with E-state index in [1.807, 2.05) is 36.5 Å². The highest BCUT2D eigenvalue weighted by atomic mass is 32.2. The Balaban J connectivity index is 1.47. The standard InChI is InChI=1S/C23H26N4O3S/c1-18-10-11-20(15-22(18)31(29,30)26-12-6-3-7-13-26)25-23(28)14-19-16-24-27(17-19)21-8-4-2-5-9-21/h2,4-5,8-11,15-17H,3,6-7,12-14H2,1H3,(H,25,28). The van der Waals surface area contributed by atoms with Gasteiger partial charge in [-0.15, -0.1) is 0 Å². The number of carbonyl (C=O) groups is 1. The maximum atomic E-state index is 13.1. The number of para-hydroxylation sites is 1. The SMILES string of the molecule is Cc1ccc(NC(=O)Cc2cnn(-c3ccccc3)c2)cc1S(=O)(=O)N1CCCCC1. The number of sulfonamides is 1. The summed E-state index contributed by atoms with van der Waals surface area (Å²) in [5.74, 6) is -0.224. The van der Waals surface area contributed by atoms with Gasteiger partial charge in [0.2, 0.25) is 15.9 Å². The number of piperidine rings is 1. The first kappa shape index (κ1) is 21.3. The number of hydrogen-bond acceptors (Lipinski definition) is 4. The van der Waals surface area contributed by atoms with Crippen molar-refractivity contribution in [1.82, 2.24) is 14.1 Å². The predicted octanol–water partition coefficient (Wildman–Crippen LogP) is 3.54. The fourth-order valence-corrected chi connectivity index (χ4v) is 5.53. The molecule has 1 N–H and O–H groups in total. The molecule has 0 bridgehead atoms. The molecule has 3 aromatic rings. The van der Waals surface area contributed by atoms with Crippen LogP contribution in [0.3, 0.4) is 0 Å². The third-order valence-corrected chi connectivity index (χ3v) is 7.47. The molecule has 1 fully saturated rings. The summed E-state index contributed by atoms with van der Waals surface area (Å²) in [6.07, 6.45) is 6.44. The van der Waals surface area contributed by atoms with Crippen LogP contribution in [0.15, 0.2) is 65.8 Å². The van der Waals surface area contributed by atoms with E-state index in [1.54, 1.807) is 40.3 Å². The topological polar surface area (TPSA) is 84.3 Å². The predicted molar refractivity (Wildman–Crippen MR) is 120 cm³/mol.